The van der Waals surface area contributed by atoms with Crippen molar-refractivity contribution in [2.24, 2.45) is 29.6 Å². The highest BCUT2D eigenvalue weighted by atomic mass is 16.7. The van der Waals surface area contributed by atoms with Crippen molar-refractivity contribution in [1.29, 1.82) is 0 Å². The Morgan fingerprint density at radius 2 is 1.63 bits per heavy atom. The van der Waals surface area contributed by atoms with Crippen LogP contribution in [-0.4, -0.2) is 103 Å². The lowest BCUT2D eigenvalue weighted by atomic mass is 9.70. The summed E-state index contributed by atoms with van der Waals surface area (Å²) < 4.78 is 30.3. The molecule has 3 saturated heterocycles. The standard InChI is InChI=1S/C32H53NO10/c1-12-23-32(8)21(14-24(34)43-32)18(4)25(35)16(2)15-31(7,39-11)28(19(5)26(36)20(6)29(38)41-23)42-30-27(37)22(33(9)10)13-17(3)40-30/h16-23,27-28,30,37H,12-15H2,1-11H3/t16-,17-,18+,19-,20-,21-,22+,23+,27-,28-,30+,31-,32+/m1/s1. The lowest BCUT2D eigenvalue weighted by molar-refractivity contribution is -0.295. The highest BCUT2D eigenvalue weighted by Crippen LogP contribution is 2.45. The molecule has 0 radical (unpaired) electrons. The van der Waals surface area contributed by atoms with Crippen LogP contribution in [0, 0.1) is 29.6 Å². The molecule has 246 valence electrons. The van der Waals surface area contributed by atoms with Crippen molar-refractivity contribution >= 4 is 23.5 Å². The summed E-state index contributed by atoms with van der Waals surface area (Å²) >= 11 is 0. The second-order valence-corrected chi connectivity index (χ2v) is 13.7. The first kappa shape index (κ1) is 35.6. The Balaban J connectivity index is 2.09. The normalized spacial score (nSPS) is 45.4. The number of ketones is 2. The Morgan fingerprint density at radius 1 is 1.00 bits per heavy atom. The van der Waals surface area contributed by atoms with E-state index in [-0.39, 0.29) is 30.8 Å². The highest BCUT2D eigenvalue weighted by Gasteiger charge is 2.57. The number of aliphatic hydroxyl groups is 1. The monoisotopic (exact) mass is 611 g/mol. The van der Waals surface area contributed by atoms with Crippen LogP contribution in [0.25, 0.3) is 0 Å². The number of esters is 2. The summed E-state index contributed by atoms with van der Waals surface area (Å²) in [5.74, 6) is -5.49. The second kappa shape index (κ2) is 13.6. The van der Waals surface area contributed by atoms with Crippen LogP contribution in [0.3, 0.4) is 0 Å². The maximum Gasteiger partial charge on any atom is 0.316 e. The van der Waals surface area contributed by atoms with Crippen molar-refractivity contribution in [1.82, 2.24) is 4.90 Å². The second-order valence-electron chi connectivity index (χ2n) is 13.7. The van der Waals surface area contributed by atoms with Gasteiger partial charge in [0, 0.05) is 36.8 Å². The van der Waals surface area contributed by atoms with Gasteiger partial charge in [-0.15, -0.1) is 0 Å². The number of cyclic esters (lactones) is 1. The van der Waals surface area contributed by atoms with Crippen LogP contribution in [0.5, 0.6) is 0 Å². The van der Waals surface area contributed by atoms with Gasteiger partial charge in [0.25, 0.3) is 0 Å². The third-order valence-electron chi connectivity index (χ3n) is 10.3. The quantitative estimate of drug-likeness (QED) is 0.363. The summed E-state index contributed by atoms with van der Waals surface area (Å²) in [6.45, 7) is 13.9. The molecular weight excluding hydrogens is 558 g/mol. The molecule has 0 bridgehead atoms. The first-order valence-electron chi connectivity index (χ1n) is 15.6. The maximum atomic E-state index is 14.0. The van der Waals surface area contributed by atoms with E-state index >= 15 is 0 Å². The van der Waals surface area contributed by atoms with Crippen molar-refractivity contribution in [2.75, 3.05) is 21.2 Å². The first-order valence-corrected chi connectivity index (χ1v) is 15.6. The molecule has 0 amide bonds. The molecule has 0 saturated carbocycles. The van der Waals surface area contributed by atoms with Crippen molar-refractivity contribution in [2.45, 2.75) is 129 Å². The zero-order chi connectivity index (χ0) is 32.6. The molecule has 3 heterocycles. The minimum Gasteiger partial charge on any atom is -0.458 e. The van der Waals surface area contributed by atoms with Crippen LogP contribution in [0.4, 0.5) is 0 Å². The van der Waals surface area contributed by atoms with Gasteiger partial charge in [0.2, 0.25) is 0 Å². The van der Waals surface area contributed by atoms with E-state index in [9.17, 15) is 24.3 Å². The molecule has 13 atom stereocenters. The van der Waals surface area contributed by atoms with Gasteiger partial charge < -0.3 is 33.7 Å². The average molecular weight is 612 g/mol. The highest BCUT2D eigenvalue weighted by molar-refractivity contribution is 6.00. The van der Waals surface area contributed by atoms with E-state index in [1.54, 1.807) is 34.6 Å². The molecule has 43 heavy (non-hydrogen) atoms. The predicted molar refractivity (Wildman–Crippen MR) is 157 cm³/mol. The maximum absolute atomic E-state index is 14.0. The molecule has 0 aromatic rings. The van der Waals surface area contributed by atoms with Gasteiger partial charge in [-0.05, 0) is 61.1 Å². The van der Waals surface area contributed by atoms with Gasteiger partial charge in [0.15, 0.2) is 12.1 Å². The molecule has 0 aromatic carbocycles. The molecule has 11 heteroatoms. The van der Waals surface area contributed by atoms with Crippen LogP contribution < -0.4 is 0 Å². The van der Waals surface area contributed by atoms with Crippen molar-refractivity contribution in [3.63, 3.8) is 0 Å². The van der Waals surface area contributed by atoms with Gasteiger partial charge in [-0.1, -0.05) is 27.7 Å². The number of aliphatic hydroxyl groups excluding tert-OH is 1. The summed E-state index contributed by atoms with van der Waals surface area (Å²) in [7, 11) is 5.23. The molecular formula is C32H53NO10. The Kier molecular flexibility index (Phi) is 11.2. The summed E-state index contributed by atoms with van der Waals surface area (Å²) in [6, 6.07) is -0.251. The van der Waals surface area contributed by atoms with E-state index in [0.29, 0.717) is 12.8 Å². The van der Waals surface area contributed by atoms with E-state index in [4.69, 9.17) is 23.7 Å². The predicted octanol–water partition coefficient (Wildman–Crippen LogP) is 2.93. The number of nitrogens with zero attached hydrogens (tertiary/aromatic N) is 1. The smallest absolute Gasteiger partial charge is 0.316 e. The number of rotatable bonds is 5. The molecule has 3 fully saturated rings. The summed E-state index contributed by atoms with van der Waals surface area (Å²) in [5.41, 5.74) is -2.43. The molecule has 3 rings (SSSR count). The molecule has 1 N–H and O–H groups in total. The largest absolute Gasteiger partial charge is 0.458 e. The SMILES string of the molecule is CC[C@@H]1OC(=O)[C@H](C)C(=O)[C@@H](C)[C@@H](O[C@@H]2O[C@H](C)C[C@H](N(C)C)[C@H]2O)[C@](C)(OC)C[C@@H](C)C(=O)[C@@H](C)[C@H]2CC(=O)O[C@]12C. The van der Waals surface area contributed by atoms with Crippen molar-refractivity contribution < 1.29 is 48.0 Å². The van der Waals surface area contributed by atoms with E-state index in [0.717, 1.165) is 0 Å². The molecule has 0 aromatic heterocycles. The van der Waals surface area contributed by atoms with E-state index < -0.39 is 83.1 Å². The number of likely N-dealkylation sites (N-methyl/N-ethyl adjacent to an activating group) is 1. The number of fused-ring (bicyclic) bond motifs is 1. The van der Waals surface area contributed by atoms with Gasteiger partial charge in [-0.3, -0.25) is 19.2 Å². The lowest BCUT2D eigenvalue weighted by Crippen LogP contribution is -2.59. The topological polar surface area (TPSA) is 138 Å². The number of ether oxygens (including phenoxy) is 5. The number of hydrogen-bond donors (Lipinski definition) is 1. The minimum absolute atomic E-state index is 0.0190. The van der Waals surface area contributed by atoms with Crippen LogP contribution >= 0.6 is 0 Å². The van der Waals surface area contributed by atoms with Gasteiger partial charge in [-0.2, -0.15) is 0 Å². The zero-order valence-electron chi connectivity index (χ0n) is 27.7. The first-order chi connectivity index (χ1) is 19.9. The van der Waals surface area contributed by atoms with Crippen LogP contribution in [-0.2, 0) is 42.9 Å². The van der Waals surface area contributed by atoms with Gasteiger partial charge in [0.1, 0.15) is 29.5 Å². The van der Waals surface area contributed by atoms with E-state index in [1.807, 2.05) is 32.8 Å². The van der Waals surface area contributed by atoms with E-state index in [2.05, 4.69) is 0 Å². The third kappa shape index (κ3) is 7.01. The third-order valence-corrected chi connectivity index (χ3v) is 10.3. The fourth-order valence-corrected chi connectivity index (χ4v) is 7.49. The van der Waals surface area contributed by atoms with Gasteiger partial charge in [0.05, 0.1) is 24.2 Å². The summed E-state index contributed by atoms with van der Waals surface area (Å²) in [5, 5.41) is 11.2. The molecule has 3 aliphatic heterocycles. The molecule has 3 aliphatic rings. The number of methoxy groups -OCH3 is 1. The number of Topliss-reactive ketones (excluding diaryl/α,β-unsaturated/α-hetero) is 2. The molecule has 11 nitrogen and oxygen atoms in total. The lowest BCUT2D eigenvalue weighted by Gasteiger charge is -2.47. The van der Waals surface area contributed by atoms with E-state index in [1.165, 1.54) is 14.0 Å². The summed E-state index contributed by atoms with van der Waals surface area (Å²) in [6.07, 6.45) is -3.06. The fourth-order valence-electron chi connectivity index (χ4n) is 7.49. The number of carbonyl (C=O) groups excluding carboxylic acids is 4. The molecule has 0 spiro atoms. The Labute approximate surface area is 256 Å². The Bertz CT molecular complexity index is 1050. The number of carbonyl (C=O) groups is 4. The van der Waals surface area contributed by atoms with Gasteiger partial charge in [-0.25, -0.2) is 0 Å². The van der Waals surface area contributed by atoms with Gasteiger partial charge >= 0.3 is 11.9 Å². The Hall–Kier alpha value is -1.92. The molecule has 0 unspecified atom stereocenters. The van der Waals surface area contributed by atoms with Crippen molar-refractivity contribution in [3.8, 4) is 0 Å². The van der Waals surface area contributed by atoms with Crippen molar-refractivity contribution in [3.05, 3.63) is 0 Å². The van der Waals surface area contributed by atoms with Crippen LogP contribution in [0.1, 0.15) is 81.1 Å². The summed E-state index contributed by atoms with van der Waals surface area (Å²) in [4.78, 5) is 55.9. The fraction of sp³-hybridized carbons (Fsp3) is 0.875. The average Bonchev–Trinajstić information content (AvgIpc) is 3.27. The Morgan fingerprint density at radius 3 is 2.19 bits per heavy atom. The molecule has 0 aliphatic carbocycles. The van der Waals surface area contributed by atoms with Crippen LogP contribution in [0.2, 0.25) is 0 Å². The zero-order valence-corrected chi connectivity index (χ0v) is 27.7. The minimum atomic E-state index is -1.22. The number of hydrogen-bond acceptors (Lipinski definition) is 11. The van der Waals surface area contributed by atoms with Crippen LogP contribution in [0.15, 0.2) is 0 Å².